The van der Waals surface area contributed by atoms with Crippen LogP contribution in [0.25, 0.3) is 11.2 Å². The van der Waals surface area contributed by atoms with Gasteiger partial charge in [0.15, 0.2) is 5.65 Å². The lowest BCUT2D eigenvalue weighted by Crippen LogP contribution is -2.06. The van der Waals surface area contributed by atoms with Gasteiger partial charge in [0.05, 0.1) is 24.8 Å². The predicted molar refractivity (Wildman–Crippen MR) is 81.9 cm³/mol. The Morgan fingerprint density at radius 1 is 1.27 bits per heavy atom. The van der Waals surface area contributed by atoms with E-state index in [2.05, 4.69) is 33.8 Å². The molecule has 3 heterocycles. The van der Waals surface area contributed by atoms with Crippen molar-refractivity contribution in [3.05, 3.63) is 41.5 Å². The summed E-state index contributed by atoms with van der Waals surface area (Å²) in [5.41, 5.74) is 8.81. The van der Waals surface area contributed by atoms with Crippen molar-refractivity contribution in [1.82, 2.24) is 24.5 Å². The fourth-order valence-electron chi connectivity index (χ4n) is 2.40. The van der Waals surface area contributed by atoms with E-state index in [1.54, 1.807) is 6.33 Å². The maximum Gasteiger partial charge on any atom is 0.164 e. The van der Waals surface area contributed by atoms with Crippen LogP contribution in [0, 0.1) is 12.7 Å². The first-order valence-electron chi connectivity index (χ1n) is 7.05. The van der Waals surface area contributed by atoms with Gasteiger partial charge >= 0.3 is 0 Å². The van der Waals surface area contributed by atoms with Crippen LogP contribution in [-0.2, 0) is 6.54 Å². The third kappa shape index (κ3) is 2.49. The average Bonchev–Trinajstić information content (AvgIpc) is 2.85. The summed E-state index contributed by atoms with van der Waals surface area (Å²) in [7, 11) is 0. The van der Waals surface area contributed by atoms with Gasteiger partial charge in [0, 0.05) is 5.56 Å². The van der Waals surface area contributed by atoms with Crippen LogP contribution in [0.5, 0.6) is 0 Å². The van der Waals surface area contributed by atoms with Crippen LogP contribution < -0.4 is 5.73 Å². The Balaban J connectivity index is 2.10. The Labute approximate surface area is 127 Å². The van der Waals surface area contributed by atoms with Gasteiger partial charge in [0.1, 0.15) is 23.0 Å². The van der Waals surface area contributed by atoms with E-state index in [0.29, 0.717) is 23.8 Å². The summed E-state index contributed by atoms with van der Waals surface area (Å²) in [6, 6.07) is 1.38. The third-order valence-corrected chi connectivity index (χ3v) is 3.46. The molecule has 0 atom stereocenters. The van der Waals surface area contributed by atoms with Gasteiger partial charge in [-0.1, -0.05) is 13.8 Å². The molecule has 0 bridgehead atoms. The van der Waals surface area contributed by atoms with Gasteiger partial charge in [-0.3, -0.25) is 0 Å². The molecule has 0 radical (unpaired) electrons. The molecule has 0 saturated heterocycles. The number of rotatable bonds is 3. The van der Waals surface area contributed by atoms with Crippen molar-refractivity contribution in [3.8, 4) is 0 Å². The fourth-order valence-corrected chi connectivity index (χ4v) is 2.40. The molecule has 0 aliphatic rings. The lowest BCUT2D eigenvalue weighted by atomic mass is 10.1. The number of anilines is 1. The van der Waals surface area contributed by atoms with Crippen LogP contribution in [-0.4, -0.2) is 24.5 Å². The molecule has 22 heavy (non-hydrogen) atoms. The number of pyridine rings is 1. The largest absolute Gasteiger partial charge is 0.383 e. The highest BCUT2D eigenvalue weighted by molar-refractivity contribution is 5.74. The molecule has 114 valence electrons. The summed E-state index contributed by atoms with van der Waals surface area (Å²) in [5.74, 6) is 0.817. The van der Waals surface area contributed by atoms with Crippen LogP contribution in [0.4, 0.5) is 10.2 Å². The van der Waals surface area contributed by atoms with E-state index in [4.69, 9.17) is 5.73 Å². The smallest absolute Gasteiger partial charge is 0.164 e. The molecule has 3 rings (SSSR count). The maximum atomic E-state index is 13.4. The molecule has 0 unspecified atom stereocenters. The highest BCUT2D eigenvalue weighted by Gasteiger charge is 2.15. The number of hydrogen-bond acceptors (Lipinski definition) is 5. The maximum absolute atomic E-state index is 13.4. The van der Waals surface area contributed by atoms with E-state index in [1.807, 2.05) is 11.5 Å². The first-order valence-corrected chi connectivity index (χ1v) is 7.05. The first-order chi connectivity index (χ1) is 10.5. The minimum atomic E-state index is -0.415. The number of nitrogens with zero attached hydrogens (tertiary/aromatic N) is 5. The van der Waals surface area contributed by atoms with Crippen molar-refractivity contribution in [2.24, 2.45) is 0 Å². The molecule has 0 amide bonds. The topological polar surface area (TPSA) is 82.5 Å². The summed E-state index contributed by atoms with van der Waals surface area (Å²) in [5, 5.41) is 0. The lowest BCUT2D eigenvalue weighted by molar-refractivity contribution is 0.617. The van der Waals surface area contributed by atoms with Gasteiger partial charge in [-0.25, -0.2) is 24.3 Å². The van der Waals surface area contributed by atoms with E-state index in [0.717, 1.165) is 23.1 Å². The number of imidazole rings is 1. The van der Waals surface area contributed by atoms with Crippen molar-refractivity contribution in [1.29, 1.82) is 0 Å². The third-order valence-electron chi connectivity index (χ3n) is 3.46. The fraction of sp³-hybridized carbons (Fsp3) is 0.333. The highest BCUT2D eigenvalue weighted by Crippen LogP contribution is 2.22. The van der Waals surface area contributed by atoms with Gasteiger partial charge in [-0.15, -0.1) is 0 Å². The Bertz CT molecular complexity index is 839. The van der Waals surface area contributed by atoms with Gasteiger partial charge in [-0.2, -0.15) is 0 Å². The van der Waals surface area contributed by atoms with E-state index in [-0.39, 0.29) is 5.92 Å². The molecular weight excluding hydrogens is 283 g/mol. The Hall–Kier alpha value is -2.57. The molecule has 3 aromatic rings. The van der Waals surface area contributed by atoms with Crippen molar-refractivity contribution in [2.75, 3.05) is 5.73 Å². The Morgan fingerprint density at radius 2 is 2.05 bits per heavy atom. The van der Waals surface area contributed by atoms with Crippen molar-refractivity contribution in [3.63, 3.8) is 0 Å². The number of nitrogens with two attached hydrogens (primary N) is 1. The summed E-state index contributed by atoms with van der Waals surface area (Å²) >= 11 is 0. The molecule has 7 heteroatoms. The van der Waals surface area contributed by atoms with E-state index in [1.165, 1.54) is 6.07 Å². The second-order valence-electron chi connectivity index (χ2n) is 5.55. The molecule has 0 saturated carbocycles. The van der Waals surface area contributed by atoms with E-state index < -0.39 is 5.82 Å². The molecule has 3 aromatic heterocycles. The molecule has 2 N–H and O–H groups in total. The first kappa shape index (κ1) is 14.4. The lowest BCUT2D eigenvalue weighted by Gasteiger charge is -2.09. The monoisotopic (exact) mass is 300 g/mol. The van der Waals surface area contributed by atoms with Crippen LogP contribution in [0.2, 0.25) is 0 Å². The number of aryl methyl sites for hydroxylation is 1. The number of fused-ring (bicyclic) bond motifs is 1. The summed E-state index contributed by atoms with van der Waals surface area (Å²) in [6.45, 7) is 6.34. The standard InChI is InChI=1S/C15H17FN6/c1-8(2)12-13-15(21-9(3)20-12)22(7-19-13)6-10-4-11(16)5-18-14(10)17/h4-5,7-8H,6H2,1-3H3,(H2,17,18). The van der Waals surface area contributed by atoms with Crippen LogP contribution in [0.1, 0.15) is 36.8 Å². The van der Waals surface area contributed by atoms with E-state index in [9.17, 15) is 4.39 Å². The quantitative estimate of drug-likeness (QED) is 0.803. The minimum absolute atomic E-state index is 0.244. The second kappa shape index (κ2) is 5.32. The molecule has 0 spiro atoms. The second-order valence-corrected chi connectivity index (χ2v) is 5.55. The minimum Gasteiger partial charge on any atom is -0.383 e. The SMILES string of the molecule is Cc1nc(C(C)C)c2ncn(Cc3cc(F)cnc3N)c2n1. The molecule has 0 fully saturated rings. The zero-order chi connectivity index (χ0) is 15.9. The van der Waals surface area contributed by atoms with Gasteiger partial charge in [-0.05, 0) is 18.9 Å². The number of hydrogen-bond donors (Lipinski definition) is 1. The Morgan fingerprint density at radius 3 is 2.77 bits per heavy atom. The van der Waals surface area contributed by atoms with Crippen molar-refractivity contribution in [2.45, 2.75) is 33.2 Å². The van der Waals surface area contributed by atoms with Crippen LogP contribution in [0.15, 0.2) is 18.6 Å². The number of halogens is 1. The predicted octanol–water partition coefficient (Wildman–Crippen LogP) is 2.42. The van der Waals surface area contributed by atoms with Crippen LogP contribution >= 0.6 is 0 Å². The normalized spacial score (nSPS) is 11.5. The molecule has 0 aromatic carbocycles. The van der Waals surface area contributed by atoms with Crippen LogP contribution in [0.3, 0.4) is 0 Å². The molecule has 6 nitrogen and oxygen atoms in total. The average molecular weight is 300 g/mol. The van der Waals surface area contributed by atoms with Gasteiger partial charge in [0.25, 0.3) is 0 Å². The van der Waals surface area contributed by atoms with Gasteiger partial charge in [0.2, 0.25) is 0 Å². The summed E-state index contributed by atoms with van der Waals surface area (Å²) < 4.78 is 15.2. The molecule has 0 aliphatic carbocycles. The zero-order valence-electron chi connectivity index (χ0n) is 12.7. The van der Waals surface area contributed by atoms with Gasteiger partial charge < -0.3 is 10.3 Å². The number of nitrogen functional groups attached to an aromatic ring is 1. The van der Waals surface area contributed by atoms with Crippen molar-refractivity contribution < 1.29 is 4.39 Å². The highest BCUT2D eigenvalue weighted by atomic mass is 19.1. The Kier molecular flexibility index (Phi) is 3.48. The number of aromatic nitrogens is 5. The molecular formula is C15H17FN6. The van der Waals surface area contributed by atoms with Crippen molar-refractivity contribution >= 4 is 17.0 Å². The van der Waals surface area contributed by atoms with E-state index >= 15 is 0 Å². The zero-order valence-corrected chi connectivity index (χ0v) is 12.7. The molecule has 0 aliphatic heterocycles. The summed E-state index contributed by atoms with van der Waals surface area (Å²) in [6.07, 6.45) is 2.78. The summed E-state index contributed by atoms with van der Waals surface area (Å²) in [4.78, 5) is 17.2.